The van der Waals surface area contributed by atoms with Crippen molar-refractivity contribution in [2.24, 2.45) is 0 Å². The summed E-state index contributed by atoms with van der Waals surface area (Å²) in [5, 5.41) is 0. The summed E-state index contributed by atoms with van der Waals surface area (Å²) < 4.78 is 0. The number of pyridine rings is 1. The molecule has 2 atom stereocenters. The molecule has 0 spiro atoms. The van der Waals surface area contributed by atoms with E-state index < -0.39 is 0 Å². The summed E-state index contributed by atoms with van der Waals surface area (Å²) in [6.45, 7) is 6.78. The molecule has 1 aliphatic rings. The highest BCUT2D eigenvalue weighted by molar-refractivity contribution is 6.17. The number of nitrogens with zero attached hydrogens (tertiary/aromatic N) is 2. The van der Waals surface area contributed by atoms with Gasteiger partial charge in [0, 0.05) is 23.7 Å². The van der Waals surface area contributed by atoms with Crippen LogP contribution in [0.5, 0.6) is 0 Å². The molecule has 0 aliphatic carbocycles. The van der Waals surface area contributed by atoms with E-state index in [-0.39, 0.29) is 0 Å². The van der Waals surface area contributed by atoms with E-state index in [4.69, 9.17) is 16.6 Å². The summed E-state index contributed by atoms with van der Waals surface area (Å²) in [4.78, 5) is 7.38. The van der Waals surface area contributed by atoms with Crippen LogP contribution in [0.2, 0.25) is 0 Å². The van der Waals surface area contributed by atoms with Crippen LogP contribution >= 0.6 is 11.6 Å². The second kappa shape index (κ2) is 6.60. The first-order valence-corrected chi connectivity index (χ1v) is 8.07. The van der Waals surface area contributed by atoms with Crippen molar-refractivity contribution >= 4 is 17.4 Å². The molecule has 0 saturated carbocycles. The molecule has 106 valence electrons. The van der Waals surface area contributed by atoms with E-state index in [1.54, 1.807) is 0 Å². The number of rotatable bonds is 5. The monoisotopic (exact) mass is 280 g/mol. The molecular weight excluding hydrogens is 256 g/mol. The van der Waals surface area contributed by atoms with Crippen LogP contribution in [0.25, 0.3) is 0 Å². The lowest BCUT2D eigenvalue weighted by Crippen LogP contribution is -2.35. The minimum absolute atomic E-state index is 0.575. The topological polar surface area (TPSA) is 16.1 Å². The van der Waals surface area contributed by atoms with Crippen molar-refractivity contribution in [1.82, 2.24) is 4.98 Å². The molecule has 2 nitrogen and oxygen atoms in total. The fourth-order valence-corrected chi connectivity index (χ4v) is 3.27. The summed E-state index contributed by atoms with van der Waals surface area (Å²) in [5.41, 5.74) is 2.38. The van der Waals surface area contributed by atoms with Crippen molar-refractivity contribution in [3.05, 3.63) is 23.4 Å². The number of alkyl halides is 1. The first-order valence-electron chi connectivity index (χ1n) is 7.53. The predicted octanol–water partition coefficient (Wildman–Crippen LogP) is 4.54. The highest BCUT2D eigenvalue weighted by atomic mass is 35.5. The second-order valence-electron chi connectivity index (χ2n) is 5.60. The fourth-order valence-electron chi connectivity index (χ4n) is 3.11. The van der Waals surface area contributed by atoms with E-state index in [1.807, 2.05) is 0 Å². The normalized spacial score (nSPS) is 23.1. The zero-order valence-corrected chi connectivity index (χ0v) is 13.1. The van der Waals surface area contributed by atoms with Gasteiger partial charge in [0.05, 0.1) is 0 Å². The maximum absolute atomic E-state index is 6.04. The lowest BCUT2D eigenvalue weighted by Gasteiger charge is -2.30. The smallest absolute Gasteiger partial charge is 0.129 e. The van der Waals surface area contributed by atoms with Gasteiger partial charge in [-0.1, -0.05) is 20.3 Å². The molecular formula is C16H25ClN2. The van der Waals surface area contributed by atoms with Gasteiger partial charge in [-0.3, -0.25) is 0 Å². The van der Waals surface area contributed by atoms with Crippen LogP contribution in [0.1, 0.15) is 57.7 Å². The molecule has 1 aromatic rings. The van der Waals surface area contributed by atoms with Gasteiger partial charge < -0.3 is 4.90 Å². The third kappa shape index (κ3) is 3.22. The highest BCUT2D eigenvalue weighted by Crippen LogP contribution is 2.31. The van der Waals surface area contributed by atoms with E-state index in [2.05, 4.69) is 37.8 Å². The molecule has 0 bridgehead atoms. The highest BCUT2D eigenvalue weighted by Gasteiger charge is 2.30. The van der Waals surface area contributed by atoms with Gasteiger partial charge in [-0.25, -0.2) is 4.98 Å². The predicted molar refractivity (Wildman–Crippen MR) is 83.0 cm³/mol. The maximum atomic E-state index is 6.04. The van der Waals surface area contributed by atoms with Crippen LogP contribution in [0.15, 0.2) is 12.1 Å². The Morgan fingerprint density at radius 2 is 2.11 bits per heavy atom. The zero-order valence-electron chi connectivity index (χ0n) is 12.3. The van der Waals surface area contributed by atoms with Crippen LogP contribution in [0, 0.1) is 0 Å². The first-order chi connectivity index (χ1) is 9.19. The van der Waals surface area contributed by atoms with Crippen LogP contribution < -0.4 is 4.90 Å². The molecule has 3 heteroatoms. The third-order valence-corrected chi connectivity index (χ3v) is 4.42. The van der Waals surface area contributed by atoms with Crippen molar-refractivity contribution in [2.75, 3.05) is 4.90 Å². The summed E-state index contributed by atoms with van der Waals surface area (Å²) >= 11 is 6.04. The molecule has 0 aromatic carbocycles. The van der Waals surface area contributed by atoms with Gasteiger partial charge >= 0.3 is 0 Å². The summed E-state index contributed by atoms with van der Waals surface area (Å²) in [5.74, 6) is 1.71. The van der Waals surface area contributed by atoms with Crippen LogP contribution in [-0.2, 0) is 12.3 Å². The van der Waals surface area contributed by atoms with Gasteiger partial charge in [-0.05, 0) is 50.3 Å². The third-order valence-electron chi connectivity index (χ3n) is 4.11. The Balaban J connectivity index is 2.34. The van der Waals surface area contributed by atoms with Gasteiger partial charge in [0.1, 0.15) is 5.82 Å². The number of hydrogen-bond acceptors (Lipinski definition) is 2. The van der Waals surface area contributed by atoms with Gasteiger partial charge in [0.2, 0.25) is 0 Å². The van der Waals surface area contributed by atoms with Crippen LogP contribution in [-0.4, -0.2) is 17.1 Å². The number of halogens is 1. The lowest BCUT2D eigenvalue weighted by atomic mass is 10.1. The summed E-state index contributed by atoms with van der Waals surface area (Å²) in [6, 6.07) is 5.57. The number of aromatic nitrogens is 1. The van der Waals surface area contributed by atoms with Crippen molar-refractivity contribution in [1.29, 1.82) is 0 Å². The Hall–Kier alpha value is -0.760. The van der Waals surface area contributed by atoms with E-state index in [9.17, 15) is 0 Å². The van der Waals surface area contributed by atoms with E-state index >= 15 is 0 Å². The molecule has 1 saturated heterocycles. The van der Waals surface area contributed by atoms with Crippen LogP contribution in [0.3, 0.4) is 0 Å². The Morgan fingerprint density at radius 3 is 2.74 bits per heavy atom. The molecule has 1 aromatic heterocycles. The average Bonchev–Trinajstić information content (AvgIpc) is 2.79. The minimum Gasteiger partial charge on any atom is -0.351 e. The SMILES string of the molecule is CCCc1cc(CCl)cc(N2C(C)CCC2CC)n1. The fraction of sp³-hybridized carbons (Fsp3) is 0.688. The molecule has 2 rings (SSSR count). The largest absolute Gasteiger partial charge is 0.351 e. The van der Waals surface area contributed by atoms with Crippen LogP contribution in [0.4, 0.5) is 5.82 Å². The van der Waals surface area contributed by atoms with E-state index in [1.165, 1.54) is 30.5 Å². The van der Waals surface area contributed by atoms with E-state index in [0.717, 1.165) is 18.7 Å². The Bertz CT molecular complexity index is 419. The van der Waals surface area contributed by atoms with Gasteiger partial charge in [-0.2, -0.15) is 0 Å². The standard InChI is InChI=1S/C16H25ClN2/c1-4-6-14-9-13(11-17)10-16(18-14)19-12(3)7-8-15(19)5-2/h9-10,12,15H,4-8,11H2,1-3H3. The molecule has 2 heterocycles. The van der Waals surface area contributed by atoms with Crippen molar-refractivity contribution in [2.45, 2.75) is 70.8 Å². The molecule has 19 heavy (non-hydrogen) atoms. The maximum Gasteiger partial charge on any atom is 0.129 e. The van der Waals surface area contributed by atoms with Crippen molar-refractivity contribution in [3.63, 3.8) is 0 Å². The zero-order chi connectivity index (χ0) is 13.8. The number of aryl methyl sites for hydroxylation is 1. The molecule has 2 unspecified atom stereocenters. The number of anilines is 1. The quantitative estimate of drug-likeness (QED) is 0.736. The average molecular weight is 281 g/mol. The second-order valence-corrected chi connectivity index (χ2v) is 5.87. The Kier molecular flexibility index (Phi) is 5.09. The van der Waals surface area contributed by atoms with Gasteiger partial charge in [-0.15, -0.1) is 11.6 Å². The molecule has 1 fully saturated rings. The molecule has 0 amide bonds. The van der Waals surface area contributed by atoms with Gasteiger partial charge in [0.25, 0.3) is 0 Å². The number of hydrogen-bond donors (Lipinski definition) is 0. The van der Waals surface area contributed by atoms with Crippen molar-refractivity contribution < 1.29 is 0 Å². The lowest BCUT2D eigenvalue weighted by molar-refractivity contribution is 0.619. The summed E-state index contributed by atoms with van der Waals surface area (Å²) in [7, 11) is 0. The first kappa shape index (κ1) is 14.6. The van der Waals surface area contributed by atoms with Crippen molar-refractivity contribution in [3.8, 4) is 0 Å². The minimum atomic E-state index is 0.575. The molecule has 1 aliphatic heterocycles. The Labute approximate surface area is 122 Å². The molecule has 0 radical (unpaired) electrons. The van der Waals surface area contributed by atoms with Gasteiger partial charge in [0.15, 0.2) is 0 Å². The summed E-state index contributed by atoms with van der Waals surface area (Å²) in [6.07, 6.45) is 5.92. The van der Waals surface area contributed by atoms with E-state index in [0.29, 0.717) is 18.0 Å². The molecule has 0 N–H and O–H groups in total. The Morgan fingerprint density at radius 1 is 1.32 bits per heavy atom.